The van der Waals surface area contributed by atoms with E-state index in [1.54, 1.807) is 21.3 Å². The fourth-order valence-electron chi connectivity index (χ4n) is 5.10. The molecule has 43 heavy (non-hydrogen) atoms. The number of nitrogens with zero attached hydrogens (tertiary/aromatic N) is 2. The summed E-state index contributed by atoms with van der Waals surface area (Å²) in [6.07, 6.45) is 3.06. The zero-order valence-electron chi connectivity index (χ0n) is 25.1. The van der Waals surface area contributed by atoms with Crippen molar-refractivity contribution < 1.29 is 19.0 Å². The number of aryl methyl sites for hydroxylation is 1. The molecule has 5 aromatic rings. The molecule has 0 saturated carbocycles. The summed E-state index contributed by atoms with van der Waals surface area (Å²) in [7, 11) is 7.00. The van der Waals surface area contributed by atoms with E-state index in [9.17, 15) is 4.79 Å². The molecule has 0 bridgehead atoms. The highest BCUT2D eigenvalue weighted by Crippen LogP contribution is 2.31. The van der Waals surface area contributed by atoms with Crippen molar-refractivity contribution in [1.82, 2.24) is 4.98 Å². The lowest BCUT2D eigenvalue weighted by atomic mass is 10.0. The standard InChI is InChI=1S/C36H37N3O4/c1-39(28-17-20-34(42-3)35(22-28)43-4)21-9-8-10-25-13-15-27(16-14-25)37-36(40)31-24-33(26-11-6-5-7-12-26)38-32-19-18-29(41-2)23-30(31)32/h5-7,11-20,22-24H,8-10,21H2,1-4H3,(H,37,40). The summed E-state index contributed by atoms with van der Waals surface area (Å²) in [5, 5.41) is 3.82. The summed E-state index contributed by atoms with van der Waals surface area (Å²) in [6, 6.07) is 31.4. The second-order valence-electron chi connectivity index (χ2n) is 10.4. The zero-order chi connectivity index (χ0) is 30.2. The van der Waals surface area contributed by atoms with Crippen molar-refractivity contribution in [3.63, 3.8) is 0 Å². The molecule has 7 heteroatoms. The Hall–Kier alpha value is -5.04. The zero-order valence-corrected chi connectivity index (χ0v) is 25.1. The molecular formula is C36H37N3O4. The molecule has 0 spiro atoms. The van der Waals surface area contributed by atoms with Crippen LogP contribution in [-0.4, -0.2) is 45.8 Å². The number of nitrogens with one attached hydrogen (secondary N) is 1. The van der Waals surface area contributed by atoms with Gasteiger partial charge >= 0.3 is 0 Å². The lowest BCUT2D eigenvalue weighted by Crippen LogP contribution is -2.18. The maximum Gasteiger partial charge on any atom is 0.256 e. The Morgan fingerprint density at radius 2 is 1.56 bits per heavy atom. The summed E-state index contributed by atoms with van der Waals surface area (Å²) >= 11 is 0. The van der Waals surface area contributed by atoms with Gasteiger partial charge in [-0.3, -0.25) is 4.79 Å². The van der Waals surface area contributed by atoms with Crippen LogP contribution in [0.2, 0.25) is 0 Å². The fourth-order valence-corrected chi connectivity index (χ4v) is 5.10. The first-order valence-corrected chi connectivity index (χ1v) is 14.4. The average molecular weight is 576 g/mol. The van der Waals surface area contributed by atoms with Gasteiger partial charge in [0.1, 0.15) is 5.75 Å². The summed E-state index contributed by atoms with van der Waals surface area (Å²) in [6.45, 7) is 0.930. The first-order chi connectivity index (χ1) is 21.0. The van der Waals surface area contributed by atoms with Gasteiger partial charge in [-0.25, -0.2) is 4.98 Å². The Morgan fingerprint density at radius 1 is 0.791 bits per heavy atom. The lowest BCUT2D eigenvalue weighted by molar-refractivity contribution is 0.102. The van der Waals surface area contributed by atoms with Gasteiger partial charge in [0.15, 0.2) is 11.5 Å². The molecule has 1 heterocycles. The maximum atomic E-state index is 13.6. The minimum atomic E-state index is -0.191. The third-order valence-electron chi connectivity index (χ3n) is 7.56. The smallest absolute Gasteiger partial charge is 0.256 e. The quantitative estimate of drug-likeness (QED) is 0.154. The van der Waals surface area contributed by atoms with Crippen LogP contribution in [0.25, 0.3) is 22.2 Å². The third kappa shape index (κ3) is 7.07. The van der Waals surface area contributed by atoms with Gasteiger partial charge in [-0.15, -0.1) is 0 Å². The molecule has 4 aromatic carbocycles. The minimum absolute atomic E-state index is 0.191. The number of hydrogen-bond donors (Lipinski definition) is 1. The highest BCUT2D eigenvalue weighted by Gasteiger charge is 2.16. The Morgan fingerprint density at radius 3 is 2.28 bits per heavy atom. The molecule has 1 aromatic heterocycles. The topological polar surface area (TPSA) is 72.9 Å². The predicted molar refractivity (Wildman–Crippen MR) is 174 cm³/mol. The molecule has 0 aliphatic heterocycles. The van der Waals surface area contributed by atoms with E-state index < -0.39 is 0 Å². The van der Waals surface area contributed by atoms with Gasteiger partial charge in [0.2, 0.25) is 0 Å². The molecule has 5 rings (SSSR count). The summed E-state index contributed by atoms with van der Waals surface area (Å²) < 4.78 is 16.2. The van der Waals surface area contributed by atoms with Gasteiger partial charge in [0.05, 0.1) is 38.1 Å². The first kappa shape index (κ1) is 29.5. The number of aromatic nitrogens is 1. The number of benzene rings is 4. The molecule has 0 aliphatic carbocycles. The van der Waals surface area contributed by atoms with Crippen LogP contribution in [0.5, 0.6) is 17.2 Å². The Kier molecular flexibility index (Phi) is 9.42. The number of hydrogen-bond acceptors (Lipinski definition) is 6. The summed E-state index contributed by atoms with van der Waals surface area (Å²) in [5.41, 5.74) is 6.05. The number of carbonyl (C=O) groups excluding carboxylic acids is 1. The van der Waals surface area contributed by atoms with Crippen LogP contribution in [0, 0.1) is 0 Å². The van der Waals surface area contributed by atoms with Gasteiger partial charge in [-0.2, -0.15) is 0 Å². The van der Waals surface area contributed by atoms with Gasteiger partial charge in [0.25, 0.3) is 5.91 Å². The van der Waals surface area contributed by atoms with E-state index in [0.717, 1.165) is 70.8 Å². The molecule has 0 radical (unpaired) electrons. The number of carbonyl (C=O) groups is 1. The van der Waals surface area contributed by atoms with E-state index in [1.807, 2.05) is 84.9 Å². The SMILES string of the molecule is COc1ccc2nc(-c3ccccc3)cc(C(=O)Nc3ccc(CCCCN(C)c4ccc(OC)c(OC)c4)cc3)c2c1. The number of ether oxygens (including phenoxy) is 3. The van der Waals surface area contributed by atoms with Gasteiger partial charge in [0, 0.05) is 42.0 Å². The van der Waals surface area contributed by atoms with Gasteiger partial charge in [-0.05, 0) is 73.4 Å². The lowest BCUT2D eigenvalue weighted by Gasteiger charge is -2.20. The Bertz CT molecular complexity index is 1690. The average Bonchev–Trinajstić information content (AvgIpc) is 3.06. The van der Waals surface area contributed by atoms with Crippen LogP contribution in [0.4, 0.5) is 11.4 Å². The molecule has 7 nitrogen and oxygen atoms in total. The number of anilines is 2. The highest BCUT2D eigenvalue weighted by molar-refractivity contribution is 6.13. The van der Waals surface area contributed by atoms with Gasteiger partial charge < -0.3 is 24.4 Å². The monoisotopic (exact) mass is 575 g/mol. The van der Waals surface area contributed by atoms with Crippen molar-refractivity contribution in [3.05, 3.63) is 108 Å². The summed E-state index contributed by atoms with van der Waals surface area (Å²) in [4.78, 5) is 20.6. The van der Waals surface area contributed by atoms with Crippen molar-refractivity contribution in [3.8, 4) is 28.5 Å². The first-order valence-electron chi connectivity index (χ1n) is 14.4. The molecule has 0 atom stereocenters. The van der Waals surface area contributed by atoms with Crippen molar-refractivity contribution in [2.24, 2.45) is 0 Å². The molecule has 0 aliphatic rings. The molecule has 220 valence electrons. The predicted octanol–water partition coefficient (Wildman–Crippen LogP) is 7.64. The molecule has 1 N–H and O–H groups in total. The second kappa shape index (κ2) is 13.7. The van der Waals surface area contributed by atoms with Crippen LogP contribution >= 0.6 is 0 Å². The summed E-state index contributed by atoms with van der Waals surface area (Å²) in [5.74, 6) is 1.94. The van der Waals surface area contributed by atoms with Crippen molar-refractivity contribution in [2.75, 3.05) is 45.1 Å². The molecular weight excluding hydrogens is 538 g/mol. The highest BCUT2D eigenvalue weighted by atomic mass is 16.5. The van der Waals surface area contributed by atoms with Crippen LogP contribution in [0.1, 0.15) is 28.8 Å². The van der Waals surface area contributed by atoms with E-state index >= 15 is 0 Å². The fraction of sp³-hybridized carbons (Fsp3) is 0.222. The number of pyridine rings is 1. The van der Waals surface area contributed by atoms with E-state index in [2.05, 4.69) is 29.4 Å². The third-order valence-corrected chi connectivity index (χ3v) is 7.56. The normalized spacial score (nSPS) is 10.8. The van der Waals surface area contributed by atoms with Crippen molar-refractivity contribution in [1.29, 1.82) is 0 Å². The van der Waals surface area contributed by atoms with E-state index in [4.69, 9.17) is 19.2 Å². The number of amides is 1. The van der Waals surface area contributed by atoms with Crippen LogP contribution in [0.3, 0.4) is 0 Å². The van der Waals surface area contributed by atoms with Gasteiger partial charge in [-0.1, -0.05) is 42.5 Å². The Labute approximate surface area is 253 Å². The van der Waals surface area contributed by atoms with Crippen molar-refractivity contribution >= 4 is 28.2 Å². The molecule has 0 unspecified atom stereocenters. The minimum Gasteiger partial charge on any atom is -0.497 e. The van der Waals surface area contributed by atoms with Crippen molar-refractivity contribution in [2.45, 2.75) is 19.3 Å². The molecule has 0 fully saturated rings. The second-order valence-corrected chi connectivity index (χ2v) is 10.4. The number of fused-ring (bicyclic) bond motifs is 1. The number of unbranched alkanes of at least 4 members (excludes halogenated alkanes) is 1. The van der Waals surface area contributed by atoms with E-state index in [0.29, 0.717) is 11.3 Å². The largest absolute Gasteiger partial charge is 0.497 e. The molecule has 1 amide bonds. The van der Waals surface area contributed by atoms with Crippen LogP contribution in [-0.2, 0) is 6.42 Å². The maximum absolute atomic E-state index is 13.6. The van der Waals surface area contributed by atoms with E-state index in [-0.39, 0.29) is 5.91 Å². The number of rotatable bonds is 12. The molecule has 0 saturated heterocycles. The van der Waals surface area contributed by atoms with Crippen LogP contribution < -0.4 is 24.4 Å². The van der Waals surface area contributed by atoms with E-state index in [1.165, 1.54) is 5.56 Å². The number of methoxy groups -OCH3 is 3. The Balaban J connectivity index is 1.22. The van der Waals surface area contributed by atoms with Crippen LogP contribution in [0.15, 0.2) is 97.1 Å².